The summed E-state index contributed by atoms with van der Waals surface area (Å²) in [6.45, 7) is 3.65. The number of anilines is 2. The number of benzene rings is 2. The van der Waals surface area contributed by atoms with Gasteiger partial charge in [0.25, 0.3) is 15.9 Å². The zero-order chi connectivity index (χ0) is 30.4. The van der Waals surface area contributed by atoms with Gasteiger partial charge in [-0.25, -0.2) is 18.3 Å². The molecule has 1 saturated heterocycles. The number of sulfonamides is 1. The van der Waals surface area contributed by atoms with Gasteiger partial charge in [-0.05, 0) is 49.7 Å². The molecule has 1 unspecified atom stereocenters. The van der Waals surface area contributed by atoms with Crippen molar-refractivity contribution in [3.8, 4) is 0 Å². The summed E-state index contributed by atoms with van der Waals surface area (Å²) in [7, 11) is -4.13. The lowest BCUT2D eigenvalue weighted by molar-refractivity contribution is -0.134. The summed E-state index contributed by atoms with van der Waals surface area (Å²) in [5, 5.41) is 0.499. The van der Waals surface area contributed by atoms with E-state index in [1.165, 1.54) is 26.9 Å². The molecule has 10 nitrogen and oxygen atoms in total. The highest BCUT2D eigenvalue weighted by molar-refractivity contribution is 9.10. The Bertz CT molecular complexity index is 1650. The smallest absolute Gasteiger partial charge is 0.260 e. The van der Waals surface area contributed by atoms with Gasteiger partial charge in [0.05, 0.1) is 11.9 Å². The molecular weight excluding hydrogens is 669 g/mol. The van der Waals surface area contributed by atoms with Crippen LogP contribution in [0.5, 0.6) is 0 Å². The van der Waals surface area contributed by atoms with Crippen LogP contribution in [0.3, 0.4) is 0 Å². The second kappa shape index (κ2) is 11.7. The molecule has 2 aromatic carbocycles. The molecule has 0 N–H and O–H groups in total. The summed E-state index contributed by atoms with van der Waals surface area (Å²) < 4.78 is 31.8. The number of piperazine rings is 1. The maximum absolute atomic E-state index is 14.2. The summed E-state index contributed by atoms with van der Waals surface area (Å²) in [6, 6.07) is 12.1. The van der Waals surface area contributed by atoms with Crippen LogP contribution in [0.1, 0.15) is 32.3 Å². The van der Waals surface area contributed by atoms with Crippen LogP contribution in [0.25, 0.3) is 0 Å². The molecule has 1 atom stereocenters. The third-order valence-electron chi connectivity index (χ3n) is 7.52. The molecule has 3 aromatic rings. The first kappa shape index (κ1) is 30.7. The number of halogens is 3. The average molecular weight is 697 g/mol. The monoisotopic (exact) mass is 695 g/mol. The summed E-state index contributed by atoms with van der Waals surface area (Å²) in [6.07, 6.45) is 1.70. The fourth-order valence-electron chi connectivity index (χ4n) is 5.36. The Hall–Kier alpha value is -2.77. The number of nitrogens with zero attached hydrogens (tertiary/aromatic N) is 5. The maximum Gasteiger partial charge on any atom is 0.260 e. The molecule has 1 aromatic heterocycles. The average Bonchev–Trinajstić information content (AvgIpc) is 3.46. The van der Waals surface area contributed by atoms with E-state index in [1.54, 1.807) is 30.0 Å². The van der Waals surface area contributed by atoms with Gasteiger partial charge in [-0.2, -0.15) is 4.31 Å². The van der Waals surface area contributed by atoms with E-state index in [2.05, 4.69) is 20.9 Å². The van der Waals surface area contributed by atoms with Crippen LogP contribution in [0.2, 0.25) is 10.0 Å². The second-order valence-electron chi connectivity index (χ2n) is 10.6. The minimum atomic E-state index is -4.13. The first-order valence-electron chi connectivity index (χ1n) is 13.2. The molecule has 0 aliphatic carbocycles. The standard InChI is InChI=1S/C28H28BrCl2N5O5S/c1-18(37)3-8-24(38)33-9-11-34(12-10-33)42(40,41)25-17-32-27-35(23-14-21(30)13-22(31)15-23)26(39)28(2,36(25)27)16-19-4-6-20(29)7-5-19/h4-7,13-15,17H,3,8-12,16H2,1-2H3. The van der Waals surface area contributed by atoms with Crippen molar-refractivity contribution >= 4 is 78.4 Å². The third-order valence-corrected chi connectivity index (χ3v) is 10.3. The minimum Gasteiger partial charge on any atom is -0.340 e. The minimum absolute atomic E-state index is 0.0691. The molecule has 0 spiro atoms. The zero-order valence-corrected chi connectivity index (χ0v) is 26.8. The van der Waals surface area contributed by atoms with Gasteiger partial charge in [-0.15, -0.1) is 0 Å². The van der Waals surface area contributed by atoms with Crippen molar-refractivity contribution < 1.29 is 22.8 Å². The first-order chi connectivity index (χ1) is 19.8. The fraction of sp³-hybridized carbons (Fsp3) is 0.357. The number of hydrogen-bond donors (Lipinski definition) is 0. The van der Waals surface area contributed by atoms with Crippen molar-refractivity contribution in [2.75, 3.05) is 31.1 Å². The molecule has 2 aliphatic rings. The van der Waals surface area contributed by atoms with Gasteiger partial charge in [0.1, 0.15) is 11.3 Å². The van der Waals surface area contributed by atoms with Crippen molar-refractivity contribution in [1.82, 2.24) is 18.8 Å². The quantitative estimate of drug-likeness (QED) is 0.335. The summed E-state index contributed by atoms with van der Waals surface area (Å²) in [4.78, 5) is 45.4. The number of hydrogen-bond acceptors (Lipinski definition) is 6. The number of carbonyl (C=O) groups excluding carboxylic acids is 3. The molecule has 2 amide bonds. The highest BCUT2D eigenvalue weighted by Crippen LogP contribution is 2.45. The number of ketones is 1. The lowest BCUT2D eigenvalue weighted by atomic mass is 9.92. The lowest BCUT2D eigenvalue weighted by Crippen LogP contribution is -2.51. The Balaban J connectivity index is 1.52. The Morgan fingerprint density at radius 3 is 2.21 bits per heavy atom. The van der Waals surface area contributed by atoms with Crippen LogP contribution in [0.15, 0.2) is 58.2 Å². The lowest BCUT2D eigenvalue weighted by Gasteiger charge is -2.34. The van der Waals surface area contributed by atoms with E-state index in [-0.39, 0.29) is 74.0 Å². The Labute approximate surface area is 262 Å². The second-order valence-corrected chi connectivity index (χ2v) is 14.2. The summed E-state index contributed by atoms with van der Waals surface area (Å²) in [5.74, 6) is -0.510. The van der Waals surface area contributed by atoms with E-state index >= 15 is 0 Å². The largest absolute Gasteiger partial charge is 0.340 e. The van der Waals surface area contributed by atoms with E-state index in [0.29, 0.717) is 15.7 Å². The summed E-state index contributed by atoms with van der Waals surface area (Å²) >= 11 is 16.0. The van der Waals surface area contributed by atoms with E-state index in [9.17, 15) is 22.8 Å². The van der Waals surface area contributed by atoms with Crippen LogP contribution in [0.4, 0.5) is 11.6 Å². The third kappa shape index (κ3) is 5.74. The Morgan fingerprint density at radius 2 is 1.62 bits per heavy atom. The highest BCUT2D eigenvalue weighted by atomic mass is 79.9. The molecule has 0 radical (unpaired) electrons. The Morgan fingerprint density at radius 1 is 1.00 bits per heavy atom. The molecule has 2 aliphatic heterocycles. The number of carbonyl (C=O) groups is 3. The first-order valence-corrected chi connectivity index (χ1v) is 16.2. The predicted molar refractivity (Wildman–Crippen MR) is 163 cm³/mol. The van der Waals surface area contributed by atoms with Crippen molar-refractivity contribution in [3.63, 3.8) is 0 Å². The number of fused-ring (bicyclic) bond motifs is 1. The van der Waals surface area contributed by atoms with Crippen molar-refractivity contribution in [1.29, 1.82) is 0 Å². The van der Waals surface area contributed by atoms with E-state index in [0.717, 1.165) is 10.0 Å². The normalized spacial score (nSPS) is 19.3. The maximum atomic E-state index is 14.2. The molecule has 14 heteroatoms. The van der Waals surface area contributed by atoms with E-state index < -0.39 is 15.6 Å². The van der Waals surface area contributed by atoms with Crippen LogP contribution >= 0.6 is 39.1 Å². The molecule has 3 heterocycles. The molecule has 42 heavy (non-hydrogen) atoms. The number of imidazole rings is 1. The molecule has 0 bridgehead atoms. The molecule has 222 valence electrons. The molecular formula is C28H28BrCl2N5O5S. The fourth-order valence-corrected chi connectivity index (χ4v) is 7.75. The van der Waals surface area contributed by atoms with Crippen molar-refractivity contribution in [3.05, 3.63) is 68.7 Å². The zero-order valence-electron chi connectivity index (χ0n) is 22.9. The summed E-state index contributed by atoms with van der Waals surface area (Å²) in [5.41, 5.74) is -0.173. The number of Topliss-reactive ketones (excluding diaryl/α,β-unsaturated/α-hetero) is 1. The van der Waals surface area contributed by atoms with Gasteiger partial charge in [-0.3, -0.25) is 14.2 Å². The van der Waals surface area contributed by atoms with Crippen LogP contribution in [-0.2, 0) is 36.4 Å². The van der Waals surface area contributed by atoms with Gasteiger partial charge >= 0.3 is 0 Å². The number of aromatic nitrogens is 2. The van der Waals surface area contributed by atoms with Gasteiger partial charge in [0, 0.05) is 60.0 Å². The van der Waals surface area contributed by atoms with E-state index in [1.807, 2.05) is 24.3 Å². The van der Waals surface area contributed by atoms with Gasteiger partial charge in [0.15, 0.2) is 5.03 Å². The van der Waals surface area contributed by atoms with E-state index in [4.69, 9.17) is 23.2 Å². The van der Waals surface area contributed by atoms with Crippen LogP contribution in [0, 0.1) is 0 Å². The van der Waals surface area contributed by atoms with Gasteiger partial charge in [-0.1, -0.05) is 51.3 Å². The molecule has 5 rings (SSSR count). The Kier molecular flexibility index (Phi) is 8.56. The number of rotatable bonds is 8. The molecule has 0 saturated carbocycles. The van der Waals surface area contributed by atoms with Crippen LogP contribution in [-0.4, -0.2) is 71.0 Å². The van der Waals surface area contributed by atoms with Crippen LogP contribution < -0.4 is 4.90 Å². The SMILES string of the molecule is CC(=O)CCC(=O)N1CCN(S(=O)(=O)c2cnc3n2C(C)(Cc2ccc(Br)cc2)C(=O)N3c2cc(Cl)cc(Cl)c2)CC1. The molecule has 1 fully saturated rings. The van der Waals surface area contributed by atoms with Gasteiger partial charge < -0.3 is 9.69 Å². The van der Waals surface area contributed by atoms with Crippen molar-refractivity contribution in [2.45, 2.75) is 43.7 Å². The van der Waals surface area contributed by atoms with Crippen molar-refractivity contribution in [2.24, 2.45) is 0 Å². The topological polar surface area (TPSA) is 113 Å². The van der Waals surface area contributed by atoms with Gasteiger partial charge in [0.2, 0.25) is 11.9 Å². The highest BCUT2D eigenvalue weighted by Gasteiger charge is 2.52. The predicted octanol–water partition coefficient (Wildman–Crippen LogP) is 4.79. The number of amides is 2.